The second kappa shape index (κ2) is 4.66. The maximum Gasteiger partial charge on any atom is 0.308 e. The second-order valence-corrected chi connectivity index (χ2v) is 7.07. The van der Waals surface area contributed by atoms with Crippen molar-refractivity contribution in [1.29, 1.82) is 0 Å². The van der Waals surface area contributed by atoms with Crippen molar-refractivity contribution in [1.82, 2.24) is 9.97 Å². The molecule has 0 amide bonds. The smallest absolute Gasteiger partial charge is 0.308 e. The van der Waals surface area contributed by atoms with Gasteiger partial charge in [-0.1, -0.05) is 0 Å². The Labute approximate surface area is 126 Å². The molecule has 2 aromatic rings. The molecule has 4 rings (SSSR count). The predicted octanol–water partition coefficient (Wildman–Crippen LogP) is 2.91. The Morgan fingerprint density at radius 2 is 2.19 bits per heavy atom. The van der Waals surface area contributed by atoms with Crippen LogP contribution >= 0.6 is 11.3 Å². The Hall–Kier alpha value is -1.69. The number of fused-ring (bicyclic) bond motifs is 3. The average molecular weight is 303 g/mol. The number of nitrogens with zero attached hydrogens (tertiary/aromatic N) is 2. The normalized spacial score (nSPS) is 30.9. The number of rotatable bonds is 3. The maximum atomic E-state index is 11.6. The summed E-state index contributed by atoms with van der Waals surface area (Å²) in [5, 5.41) is 15.0. The standard InChI is InChI=1S/C15H17N3O2S/c1-7-5-21-13-11(7)16-6-17-14(13)18-12-9-3-2-8(4-9)10(12)15(19)20/h5-6,8-10,12H,2-4H2,1H3,(H,19,20)(H,16,17,18). The molecular formula is C15H17N3O2S. The van der Waals surface area contributed by atoms with Crippen LogP contribution in [0.3, 0.4) is 0 Å². The molecule has 21 heavy (non-hydrogen) atoms. The lowest BCUT2D eigenvalue weighted by Crippen LogP contribution is -2.39. The van der Waals surface area contributed by atoms with Crippen LogP contribution < -0.4 is 5.32 Å². The SMILES string of the molecule is Cc1csc2c(NC3C4CCC(C4)C3C(=O)O)ncnc12. The molecule has 2 N–H and O–H groups in total. The van der Waals surface area contributed by atoms with Crippen molar-refractivity contribution in [3.63, 3.8) is 0 Å². The zero-order chi connectivity index (χ0) is 14.6. The molecule has 2 aliphatic rings. The molecule has 2 bridgehead atoms. The molecule has 110 valence electrons. The van der Waals surface area contributed by atoms with Crippen LogP contribution in [0.25, 0.3) is 10.2 Å². The van der Waals surface area contributed by atoms with E-state index in [-0.39, 0.29) is 12.0 Å². The number of thiophene rings is 1. The largest absolute Gasteiger partial charge is 0.481 e. The van der Waals surface area contributed by atoms with E-state index in [1.165, 1.54) is 0 Å². The summed E-state index contributed by atoms with van der Waals surface area (Å²) in [6.45, 7) is 2.03. The van der Waals surface area contributed by atoms with Gasteiger partial charge in [-0.15, -0.1) is 11.3 Å². The van der Waals surface area contributed by atoms with Gasteiger partial charge in [-0.2, -0.15) is 0 Å². The van der Waals surface area contributed by atoms with Crippen LogP contribution in [0.4, 0.5) is 5.82 Å². The summed E-state index contributed by atoms with van der Waals surface area (Å²) >= 11 is 1.62. The molecule has 0 aliphatic heterocycles. The summed E-state index contributed by atoms with van der Waals surface area (Å²) in [5.74, 6) is 0.624. The summed E-state index contributed by atoms with van der Waals surface area (Å²) in [7, 11) is 0. The molecule has 0 aromatic carbocycles. The predicted molar refractivity (Wildman–Crippen MR) is 81.5 cm³/mol. The number of anilines is 1. The molecule has 2 aromatic heterocycles. The van der Waals surface area contributed by atoms with Gasteiger partial charge in [0, 0.05) is 6.04 Å². The first-order chi connectivity index (χ1) is 10.1. The summed E-state index contributed by atoms with van der Waals surface area (Å²) in [6, 6.07) is 0.00163. The highest BCUT2D eigenvalue weighted by Crippen LogP contribution is 2.49. The van der Waals surface area contributed by atoms with E-state index in [9.17, 15) is 9.90 Å². The molecule has 0 radical (unpaired) electrons. The average Bonchev–Trinajstić information content (AvgIpc) is 3.14. The van der Waals surface area contributed by atoms with Crippen molar-refractivity contribution in [3.05, 3.63) is 17.3 Å². The first-order valence-corrected chi connectivity index (χ1v) is 8.21. The van der Waals surface area contributed by atoms with Gasteiger partial charge >= 0.3 is 5.97 Å². The van der Waals surface area contributed by atoms with Crippen molar-refractivity contribution in [2.45, 2.75) is 32.2 Å². The van der Waals surface area contributed by atoms with Crippen LogP contribution in [-0.4, -0.2) is 27.1 Å². The van der Waals surface area contributed by atoms with Crippen LogP contribution in [0.2, 0.25) is 0 Å². The number of hydrogen-bond donors (Lipinski definition) is 2. The molecule has 6 heteroatoms. The van der Waals surface area contributed by atoms with Gasteiger partial charge in [0.1, 0.15) is 12.1 Å². The van der Waals surface area contributed by atoms with E-state index in [1.54, 1.807) is 17.7 Å². The fourth-order valence-electron chi connectivity index (χ4n) is 4.08. The van der Waals surface area contributed by atoms with Crippen molar-refractivity contribution in [2.24, 2.45) is 17.8 Å². The van der Waals surface area contributed by atoms with Gasteiger partial charge < -0.3 is 10.4 Å². The van der Waals surface area contributed by atoms with Crippen molar-refractivity contribution < 1.29 is 9.90 Å². The molecular weight excluding hydrogens is 286 g/mol. The molecule has 2 fully saturated rings. The first kappa shape index (κ1) is 13.0. The third-order valence-corrected chi connectivity index (χ3v) is 6.13. The highest BCUT2D eigenvalue weighted by Gasteiger charge is 2.51. The molecule has 4 unspecified atom stereocenters. The Morgan fingerprint density at radius 1 is 1.38 bits per heavy atom. The van der Waals surface area contributed by atoms with Crippen LogP contribution in [-0.2, 0) is 4.79 Å². The first-order valence-electron chi connectivity index (χ1n) is 7.33. The Balaban J connectivity index is 1.69. The molecule has 4 atom stereocenters. The maximum absolute atomic E-state index is 11.6. The Bertz CT molecular complexity index is 714. The number of carbonyl (C=O) groups is 1. The fraction of sp³-hybridized carbons (Fsp3) is 0.533. The summed E-state index contributed by atoms with van der Waals surface area (Å²) in [4.78, 5) is 20.3. The van der Waals surface area contributed by atoms with E-state index in [1.807, 2.05) is 6.92 Å². The van der Waals surface area contributed by atoms with E-state index < -0.39 is 5.97 Å². The molecule has 5 nitrogen and oxygen atoms in total. The highest BCUT2D eigenvalue weighted by molar-refractivity contribution is 7.18. The van der Waals surface area contributed by atoms with Gasteiger partial charge in [0.15, 0.2) is 0 Å². The lowest BCUT2D eigenvalue weighted by Gasteiger charge is -2.29. The molecule has 0 spiro atoms. The lowest BCUT2D eigenvalue weighted by molar-refractivity contribution is -0.143. The number of aromatic nitrogens is 2. The molecule has 2 heterocycles. The molecule has 2 aliphatic carbocycles. The third kappa shape index (κ3) is 1.92. The topological polar surface area (TPSA) is 75.1 Å². The number of aryl methyl sites for hydroxylation is 1. The number of nitrogens with one attached hydrogen (secondary N) is 1. The number of aliphatic carboxylic acids is 1. The highest BCUT2D eigenvalue weighted by atomic mass is 32.1. The quantitative estimate of drug-likeness (QED) is 0.912. The van der Waals surface area contributed by atoms with Crippen LogP contribution in [0.1, 0.15) is 24.8 Å². The summed E-state index contributed by atoms with van der Waals surface area (Å²) < 4.78 is 1.03. The van der Waals surface area contributed by atoms with Crippen LogP contribution in [0.15, 0.2) is 11.7 Å². The van der Waals surface area contributed by atoms with Gasteiger partial charge in [0.2, 0.25) is 0 Å². The van der Waals surface area contributed by atoms with Gasteiger partial charge in [-0.05, 0) is 49.0 Å². The van der Waals surface area contributed by atoms with E-state index in [0.29, 0.717) is 11.8 Å². The van der Waals surface area contributed by atoms with E-state index >= 15 is 0 Å². The van der Waals surface area contributed by atoms with E-state index in [0.717, 1.165) is 40.9 Å². The van der Waals surface area contributed by atoms with Crippen LogP contribution in [0.5, 0.6) is 0 Å². The zero-order valence-electron chi connectivity index (χ0n) is 11.7. The zero-order valence-corrected chi connectivity index (χ0v) is 12.6. The van der Waals surface area contributed by atoms with Crippen molar-refractivity contribution in [3.8, 4) is 0 Å². The van der Waals surface area contributed by atoms with E-state index in [4.69, 9.17) is 0 Å². The van der Waals surface area contributed by atoms with Gasteiger partial charge in [-0.3, -0.25) is 4.79 Å². The minimum atomic E-state index is -0.674. The lowest BCUT2D eigenvalue weighted by atomic mass is 9.84. The Kier molecular flexibility index (Phi) is 2.89. The summed E-state index contributed by atoms with van der Waals surface area (Å²) in [6.07, 6.45) is 4.78. The minimum absolute atomic E-state index is 0.00163. The monoisotopic (exact) mass is 303 g/mol. The van der Waals surface area contributed by atoms with E-state index in [2.05, 4.69) is 20.7 Å². The van der Waals surface area contributed by atoms with Crippen molar-refractivity contribution >= 4 is 33.3 Å². The van der Waals surface area contributed by atoms with Crippen molar-refractivity contribution in [2.75, 3.05) is 5.32 Å². The molecule has 2 saturated carbocycles. The number of hydrogen-bond acceptors (Lipinski definition) is 5. The summed E-state index contributed by atoms with van der Waals surface area (Å²) in [5.41, 5.74) is 2.11. The second-order valence-electron chi connectivity index (χ2n) is 6.19. The Morgan fingerprint density at radius 3 is 3.00 bits per heavy atom. The number of carboxylic acids is 1. The van der Waals surface area contributed by atoms with Gasteiger partial charge in [-0.25, -0.2) is 9.97 Å². The minimum Gasteiger partial charge on any atom is -0.481 e. The molecule has 0 saturated heterocycles. The van der Waals surface area contributed by atoms with Gasteiger partial charge in [0.25, 0.3) is 0 Å². The fourth-order valence-corrected chi connectivity index (χ4v) is 5.04. The third-order valence-electron chi connectivity index (χ3n) is 5.04. The van der Waals surface area contributed by atoms with Crippen LogP contribution in [0, 0.1) is 24.7 Å². The number of carboxylic acid groups (broad SMARTS) is 1. The van der Waals surface area contributed by atoms with Gasteiger partial charge in [0.05, 0.1) is 16.1 Å².